The molecular weight excluding hydrogens is 186 g/mol. The van der Waals surface area contributed by atoms with Gasteiger partial charge in [-0.1, -0.05) is 11.6 Å². The Kier molecular flexibility index (Phi) is 2.07. The minimum Gasteiger partial charge on any atom is -0.497 e. The number of fused-ring (bicyclic) bond motifs is 1. The number of pyridine rings is 1. The van der Waals surface area contributed by atoms with Crippen LogP contribution in [0.3, 0.4) is 0 Å². The number of halogens is 1. The summed E-state index contributed by atoms with van der Waals surface area (Å²) in [6.45, 7) is 0. The number of hydrogen-bond donors (Lipinski definition) is 0. The molecule has 2 rings (SSSR count). The summed E-state index contributed by atoms with van der Waals surface area (Å²) < 4.78 is 5.08. The molecule has 0 N–H and O–H groups in total. The van der Waals surface area contributed by atoms with Crippen LogP contribution < -0.4 is 4.74 Å². The van der Waals surface area contributed by atoms with Crippen LogP contribution in [-0.2, 0) is 0 Å². The molecule has 13 heavy (non-hydrogen) atoms. The Balaban J connectivity index is 2.66. The van der Waals surface area contributed by atoms with Gasteiger partial charge in [0.05, 0.1) is 12.6 Å². The first-order valence-corrected chi connectivity index (χ1v) is 4.19. The topological polar surface area (TPSA) is 22.1 Å². The van der Waals surface area contributed by atoms with Crippen LogP contribution in [0.5, 0.6) is 5.75 Å². The van der Waals surface area contributed by atoms with E-state index >= 15 is 0 Å². The molecule has 2 aromatic rings. The molecule has 1 heterocycles. The van der Waals surface area contributed by atoms with Gasteiger partial charge in [0.25, 0.3) is 0 Å². The van der Waals surface area contributed by atoms with Crippen LogP contribution in [0.2, 0.25) is 5.15 Å². The molecule has 0 amide bonds. The number of benzene rings is 1. The van der Waals surface area contributed by atoms with Crippen molar-refractivity contribution in [2.75, 3.05) is 7.11 Å². The van der Waals surface area contributed by atoms with Gasteiger partial charge in [-0.2, -0.15) is 0 Å². The summed E-state index contributed by atoms with van der Waals surface area (Å²) in [5.41, 5.74) is 0.851. The normalized spacial score (nSPS) is 10.3. The summed E-state index contributed by atoms with van der Waals surface area (Å²) >= 11 is 5.69. The fourth-order valence-corrected chi connectivity index (χ4v) is 1.30. The van der Waals surface area contributed by atoms with E-state index in [-0.39, 0.29) is 0 Å². The van der Waals surface area contributed by atoms with Crippen LogP contribution in [0.15, 0.2) is 24.3 Å². The van der Waals surface area contributed by atoms with E-state index in [4.69, 9.17) is 16.3 Å². The number of methoxy groups -OCH3 is 1. The highest BCUT2D eigenvalue weighted by molar-refractivity contribution is 6.29. The summed E-state index contributed by atoms with van der Waals surface area (Å²) in [6, 6.07) is 10.2. The molecule has 0 bridgehead atoms. The summed E-state index contributed by atoms with van der Waals surface area (Å²) in [4.78, 5) is 4.11. The number of ether oxygens (including phenoxy) is 1. The lowest BCUT2D eigenvalue weighted by atomic mass is 10.2. The highest BCUT2D eigenvalue weighted by Gasteiger charge is 1.98. The Hall–Kier alpha value is -1.28. The number of nitrogens with zero attached hydrogens (tertiary/aromatic N) is 1. The Morgan fingerprint density at radius 1 is 1.46 bits per heavy atom. The fraction of sp³-hybridized carbons (Fsp3) is 0.100. The summed E-state index contributed by atoms with van der Waals surface area (Å²) in [5.74, 6) is 0.810. The van der Waals surface area contributed by atoms with Crippen molar-refractivity contribution in [3.05, 3.63) is 35.5 Å². The van der Waals surface area contributed by atoms with Crippen molar-refractivity contribution in [1.82, 2.24) is 4.98 Å². The monoisotopic (exact) mass is 192 g/mol. The molecule has 0 spiro atoms. The van der Waals surface area contributed by atoms with E-state index in [1.165, 1.54) is 0 Å². The van der Waals surface area contributed by atoms with Crippen molar-refractivity contribution in [2.24, 2.45) is 0 Å². The van der Waals surface area contributed by atoms with Gasteiger partial charge in [-0.3, -0.25) is 0 Å². The van der Waals surface area contributed by atoms with Crippen molar-refractivity contribution in [1.29, 1.82) is 0 Å². The van der Waals surface area contributed by atoms with Crippen molar-refractivity contribution < 1.29 is 4.74 Å². The maximum absolute atomic E-state index is 5.69. The molecule has 3 heteroatoms. The van der Waals surface area contributed by atoms with Crippen LogP contribution >= 0.6 is 11.6 Å². The molecule has 65 valence electrons. The third-order valence-corrected chi connectivity index (χ3v) is 1.99. The van der Waals surface area contributed by atoms with Crippen molar-refractivity contribution >= 4 is 22.5 Å². The SMILES string of the molecule is COc1ccc2nc(Cl)[c]cc2c1. The molecule has 0 fully saturated rings. The summed E-state index contributed by atoms with van der Waals surface area (Å²) in [6.07, 6.45) is 0. The highest BCUT2D eigenvalue weighted by Crippen LogP contribution is 2.20. The van der Waals surface area contributed by atoms with E-state index in [2.05, 4.69) is 11.1 Å². The quantitative estimate of drug-likeness (QED) is 0.649. The average molecular weight is 193 g/mol. The van der Waals surface area contributed by atoms with Gasteiger partial charge in [-0.05, 0) is 24.3 Å². The first-order chi connectivity index (χ1) is 6.29. The lowest BCUT2D eigenvalue weighted by Crippen LogP contribution is -1.84. The molecule has 1 aromatic heterocycles. The first kappa shape index (κ1) is 8.32. The lowest BCUT2D eigenvalue weighted by molar-refractivity contribution is 0.415. The molecule has 0 aliphatic carbocycles. The maximum atomic E-state index is 5.69. The predicted octanol–water partition coefficient (Wildman–Crippen LogP) is 2.70. The number of hydrogen-bond acceptors (Lipinski definition) is 2. The minimum atomic E-state index is 0.387. The number of aromatic nitrogens is 1. The fourth-order valence-electron chi connectivity index (χ4n) is 1.15. The zero-order valence-electron chi connectivity index (χ0n) is 7.04. The van der Waals surface area contributed by atoms with Gasteiger partial charge < -0.3 is 4.74 Å². The third-order valence-electron chi connectivity index (χ3n) is 1.80. The molecule has 1 radical (unpaired) electrons. The van der Waals surface area contributed by atoms with Crippen LogP contribution in [0.1, 0.15) is 0 Å². The zero-order valence-corrected chi connectivity index (χ0v) is 7.80. The lowest BCUT2D eigenvalue weighted by Gasteiger charge is -2.01. The molecule has 2 nitrogen and oxygen atoms in total. The molecular formula is C10H7ClNO. The molecule has 0 atom stereocenters. The van der Waals surface area contributed by atoms with Gasteiger partial charge in [-0.15, -0.1) is 0 Å². The second-order valence-corrected chi connectivity index (χ2v) is 2.97. The third kappa shape index (κ3) is 1.58. The summed E-state index contributed by atoms with van der Waals surface area (Å²) in [7, 11) is 1.63. The first-order valence-electron chi connectivity index (χ1n) is 3.81. The smallest absolute Gasteiger partial charge is 0.137 e. The zero-order chi connectivity index (χ0) is 9.26. The molecule has 1 aromatic carbocycles. The van der Waals surface area contributed by atoms with Gasteiger partial charge in [-0.25, -0.2) is 4.98 Å². The Bertz CT molecular complexity index is 442. The number of rotatable bonds is 1. The Morgan fingerprint density at radius 3 is 3.08 bits per heavy atom. The van der Waals surface area contributed by atoms with Crippen molar-refractivity contribution in [2.45, 2.75) is 0 Å². The summed E-state index contributed by atoms with van der Waals surface area (Å²) in [5, 5.41) is 1.36. The van der Waals surface area contributed by atoms with E-state index in [1.54, 1.807) is 13.2 Å². The molecule has 0 saturated carbocycles. The standard InChI is InChI=1S/C10H7ClNO/c1-13-8-3-4-9-7(6-8)2-5-10(11)12-9/h2-4,6H,1H3. The van der Waals surface area contributed by atoms with Gasteiger partial charge in [0.2, 0.25) is 0 Å². The molecule has 0 saturated heterocycles. The minimum absolute atomic E-state index is 0.387. The van der Waals surface area contributed by atoms with Gasteiger partial charge in [0, 0.05) is 11.5 Å². The Labute approximate surface area is 81.1 Å². The molecule has 0 aliphatic heterocycles. The van der Waals surface area contributed by atoms with Crippen molar-refractivity contribution in [3.8, 4) is 5.75 Å². The van der Waals surface area contributed by atoms with E-state index in [0.29, 0.717) is 5.15 Å². The van der Waals surface area contributed by atoms with Gasteiger partial charge in [0.1, 0.15) is 10.9 Å². The van der Waals surface area contributed by atoms with E-state index in [1.807, 2.05) is 18.2 Å². The van der Waals surface area contributed by atoms with E-state index in [9.17, 15) is 0 Å². The van der Waals surface area contributed by atoms with Crippen LogP contribution in [-0.4, -0.2) is 12.1 Å². The second kappa shape index (κ2) is 3.23. The van der Waals surface area contributed by atoms with Gasteiger partial charge >= 0.3 is 0 Å². The maximum Gasteiger partial charge on any atom is 0.137 e. The average Bonchev–Trinajstić information content (AvgIpc) is 2.17. The highest BCUT2D eigenvalue weighted by atomic mass is 35.5. The van der Waals surface area contributed by atoms with Crippen LogP contribution in [0.25, 0.3) is 10.9 Å². The van der Waals surface area contributed by atoms with Crippen molar-refractivity contribution in [3.63, 3.8) is 0 Å². The Morgan fingerprint density at radius 2 is 2.31 bits per heavy atom. The molecule has 0 aliphatic rings. The largest absolute Gasteiger partial charge is 0.497 e. The van der Waals surface area contributed by atoms with E-state index in [0.717, 1.165) is 16.7 Å². The molecule has 0 unspecified atom stereocenters. The second-order valence-electron chi connectivity index (χ2n) is 2.62. The predicted molar refractivity (Wildman–Crippen MR) is 52.1 cm³/mol. The van der Waals surface area contributed by atoms with Crippen LogP contribution in [0, 0.1) is 6.07 Å². The van der Waals surface area contributed by atoms with Gasteiger partial charge in [0.15, 0.2) is 0 Å². The van der Waals surface area contributed by atoms with E-state index < -0.39 is 0 Å². The van der Waals surface area contributed by atoms with Crippen LogP contribution in [0.4, 0.5) is 0 Å².